The number of carbonyl (C=O) groups excluding carboxylic acids is 1. The molecule has 0 aliphatic carbocycles. The quantitative estimate of drug-likeness (QED) is 0.851. The minimum Gasteiger partial charge on any atom is -0.340 e. The molecule has 24 heavy (non-hydrogen) atoms. The number of halogens is 1. The Kier molecular flexibility index (Phi) is 4.58. The van der Waals surface area contributed by atoms with E-state index in [1.54, 1.807) is 0 Å². The molecule has 1 saturated heterocycles. The Labute approximate surface area is 151 Å². The van der Waals surface area contributed by atoms with E-state index in [9.17, 15) is 4.79 Å². The van der Waals surface area contributed by atoms with Crippen molar-refractivity contribution in [2.45, 2.75) is 26.3 Å². The Morgan fingerprint density at radius 2 is 1.88 bits per heavy atom. The maximum Gasteiger partial charge on any atom is 0.270 e. The van der Waals surface area contributed by atoms with Gasteiger partial charge in [0.2, 0.25) is 0 Å². The number of rotatable bonds is 2. The molecule has 5 heteroatoms. The first kappa shape index (κ1) is 17.2. The predicted octanol–water partition coefficient (Wildman–Crippen LogP) is 3.65. The topological polar surface area (TPSA) is 51.3 Å². The van der Waals surface area contributed by atoms with Gasteiger partial charge in [-0.2, -0.15) is 0 Å². The number of hydrogen-bond donors (Lipinski definition) is 1. The third kappa shape index (κ3) is 3.15. The van der Waals surface area contributed by atoms with Crippen LogP contribution >= 0.6 is 15.9 Å². The summed E-state index contributed by atoms with van der Waals surface area (Å²) in [7, 11) is 1.95. The Morgan fingerprint density at radius 1 is 1.21 bits per heavy atom. The second-order valence-corrected chi connectivity index (χ2v) is 8.20. The number of nitrogens with zero attached hydrogens (tertiary/aromatic N) is 2. The third-order valence-corrected chi connectivity index (χ3v) is 5.61. The first-order valence-corrected chi connectivity index (χ1v) is 9.05. The van der Waals surface area contributed by atoms with E-state index in [1.165, 1.54) is 0 Å². The van der Waals surface area contributed by atoms with Gasteiger partial charge in [0, 0.05) is 36.3 Å². The van der Waals surface area contributed by atoms with Gasteiger partial charge in [0.1, 0.15) is 5.69 Å². The summed E-state index contributed by atoms with van der Waals surface area (Å²) in [5, 5.41) is 0. The largest absolute Gasteiger partial charge is 0.340 e. The lowest BCUT2D eigenvalue weighted by Crippen LogP contribution is -2.54. The van der Waals surface area contributed by atoms with Crippen molar-refractivity contribution < 1.29 is 4.79 Å². The van der Waals surface area contributed by atoms with Crippen molar-refractivity contribution in [2.24, 2.45) is 18.2 Å². The number of amides is 1. The van der Waals surface area contributed by atoms with Gasteiger partial charge in [-0.15, -0.1) is 0 Å². The minimum atomic E-state index is -0.0480. The monoisotopic (exact) mass is 389 g/mol. The Balaban J connectivity index is 1.85. The van der Waals surface area contributed by atoms with Crippen LogP contribution in [0.1, 0.15) is 30.8 Å². The molecule has 128 valence electrons. The van der Waals surface area contributed by atoms with Crippen molar-refractivity contribution in [3.63, 3.8) is 0 Å². The molecule has 0 spiro atoms. The zero-order chi connectivity index (χ0) is 17.5. The average Bonchev–Trinajstić information content (AvgIpc) is 2.92. The van der Waals surface area contributed by atoms with Crippen molar-refractivity contribution in [2.75, 3.05) is 13.1 Å². The third-order valence-electron chi connectivity index (χ3n) is 5.08. The molecule has 1 aromatic carbocycles. The van der Waals surface area contributed by atoms with Crippen molar-refractivity contribution in [3.8, 4) is 11.3 Å². The van der Waals surface area contributed by atoms with E-state index >= 15 is 0 Å². The zero-order valence-corrected chi connectivity index (χ0v) is 16.0. The maximum atomic E-state index is 13.0. The minimum absolute atomic E-state index is 0.0480. The molecule has 1 amide bonds. The average molecular weight is 390 g/mol. The fraction of sp³-hybridized carbons (Fsp3) is 0.421. The van der Waals surface area contributed by atoms with Gasteiger partial charge >= 0.3 is 0 Å². The zero-order valence-electron chi connectivity index (χ0n) is 14.4. The molecule has 2 N–H and O–H groups in total. The standard InChI is InChI=1S/C19H24BrN3O/c1-19(2)12-23(11-10-17(19)21)18(24)16-9-8-15(22(16)3)13-4-6-14(20)7-5-13/h4-9,17H,10-12,21H2,1-3H3. The summed E-state index contributed by atoms with van der Waals surface area (Å²) in [6.07, 6.45) is 0.850. The van der Waals surface area contributed by atoms with Crippen LogP contribution in [0.2, 0.25) is 0 Å². The van der Waals surface area contributed by atoms with Crippen molar-refractivity contribution in [3.05, 3.63) is 46.6 Å². The summed E-state index contributed by atoms with van der Waals surface area (Å²) >= 11 is 3.45. The van der Waals surface area contributed by atoms with Gasteiger partial charge in [0.25, 0.3) is 5.91 Å². The van der Waals surface area contributed by atoms with Crippen LogP contribution in [0.5, 0.6) is 0 Å². The highest BCUT2D eigenvalue weighted by atomic mass is 79.9. The molecule has 1 unspecified atom stereocenters. The predicted molar refractivity (Wildman–Crippen MR) is 101 cm³/mol. The Hall–Kier alpha value is -1.59. The summed E-state index contributed by atoms with van der Waals surface area (Å²) in [5.41, 5.74) is 9.00. The molecule has 4 nitrogen and oxygen atoms in total. The Morgan fingerprint density at radius 3 is 2.50 bits per heavy atom. The van der Waals surface area contributed by atoms with E-state index in [-0.39, 0.29) is 17.4 Å². The van der Waals surface area contributed by atoms with Crippen LogP contribution < -0.4 is 5.73 Å². The van der Waals surface area contributed by atoms with Crippen LogP contribution in [0.25, 0.3) is 11.3 Å². The van der Waals surface area contributed by atoms with Crippen LogP contribution in [0, 0.1) is 5.41 Å². The molecule has 1 aliphatic heterocycles. The molecule has 1 atom stereocenters. The molecule has 0 bridgehead atoms. The first-order chi connectivity index (χ1) is 11.3. The van der Waals surface area contributed by atoms with Crippen LogP contribution in [-0.4, -0.2) is 34.5 Å². The summed E-state index contributed by atoms with van der Waals surface area (Å²) in [6, 6.07) is 12.2. The van der Waals surface area contributed by atoms with E-state index in [4.69, 9.17) is 5.73 Å². The molecule has 1 aromatic heterocycles. The van der Waals surface area contributed by atoms with Gasteiger partial charge in [-0.05, 0) is 41.7 Å². The highest BCUT2D eigenvalue weighted by molar-refractivity contribution is 9.10. The number of hydrogen-bond acceptors (Lipinski definition) is 2. The van der Waals surface area contributed by atoms with Crippen molar-refractivity contribution >= 4 is 21.8 Å². The lowest BCUT2D eigenvalue weighted by molar-refractivity contribution is 0.0524. The van der Waals surface area contributed by atoms with E-state index in [0.29, 0.717) is 6.54 Å². The van der Waals surface area contributed by atoms with E-state index < -0.39 is 0 Å². The fourth-order valence-corrected chi connectivity index (χ4v) is 3.61. The summed E-state index contributed by atoms with van der Waals surface area (Å²) in [4.78, 5) is 14.9. The molecule has 1 fully saturated rings. The smallest absolute Gasteiger partial charge is 0.270 e. The van der Waals surface area contributed by atoms with Gasteiger partial charge in [-0.25, -0.2) is 0 Å². The maximum absolute atomic E-state index is 13.0. The number of aromatic nitrogens is 1. The second kappa shape index (κ2) is 6.37. The molecule has 1 aliphatic rings. The fourth-order valence-electron chi connectivity index (χ4n) is 3.35. The Bertz CT molecular complexity index is 748. The highest BCUT2D eigenvalue weighted by Gasteiger charge is 2.36. The summed E-state index contributed by atoms with van der Waals surface area (Å²) in [5.74, 6) is 0.0841. The van der Waals surface area contributed by atoms with Crippen LogP contribution in [0.4, 0.5) is 0 Å². The molecular formula is C19H24BrN3O. The van der Waals surface area contributed by atoms with Gasteiger partial charge in [-0.1, -0.05) is 41.9 Å². The SMILES string of the molecule is Cn1c(C(=O)N2CCC(N)C(C)(C)C2)ccc1-c1ccc(Br)cc1. The molecule has 2 heterocycles. The van der Waals surface area contributed by atoms with Gasteiger partial charge in [0.15, 0.2) is 0 Å². The van der Waals surface area contributed by atoms with E-state index in [0.717, 1.165) is 34.4 Å². The lowest BCUT2D eigenvalue weighted by atomic mass is 9.79. The second-order valence-electron chi connectivity index (χ2n) is 7.28. The molecule has 0 radical (unpaired) electrons. The molecule has 2 aromatic rings. The van der Waals surface area contributed by atoms with Crippen LogP contribution in [-0.2, 0) is 7.05 Å². The number of likely N-dealkylation sites (tertiary alicyclic amines) is 1. The summed E-state index contributed by atoms with van der Waals surface area (Å²) in [6.45, 7) is 5.69. The van der Waals surface area contributed by atoms with Gasteiger partial charge in [-0.3, -0.25) is 4.79 Å². The van der Waals surface area contributed by atoms with E-state index in [2.05, 4.69) is 41.9 Å². The molecule has 3 rings (SSSR count). The number of carbonyl (C=O) groups is 1. The summed E-state index contributed by atoms with van der Waals surface area (Å²) < 4.78 is 3.02. The van der Waals surface area contributed by atoms with Crippen molar-refractivity contribution in [1.29, 1.82) is 0 Å². The van der Waals surface area contributed by atoms with E-state index in [1.807, 2.05) is 40.8 Å². The molecular weight excluding hydrogens is 366 g/mol. The van der Waals surface area contributed by atoms with Gasteiger partial charge < -0.3 is 15.2 Å². The lowest BCUT2D eigenvalue weighted by Gasteiger charge is -2.42. The highest BCUT2D eigenvalue weighted by Crippen LogP contribution is 2.30. The molecule has 0 saturated carbocycles. The first-order valence-electron chi connectivity index (χ1n) is 8.26. The van der Waals surface area contributed by atoms with Crippen molar-refractivity contribution in [1.82, 2.24) is 9.47 Å². The normalized spacial score (nSPS) is 20.2. The van der Waals surface area contributed by atoms with Gasteiger partial charge in [0.05, 0.1) is 0 Å². The van der Waals surface area contributed by atoms with Crippen LogP contribution in [0.3, 0.4) is 0 Å². The number of nitrogens with two attached hydrogens (primary N) is 1. The van der Waals surface area contributed by atoms with Crippen LogP contribution in [0.15, 0.2) is 40.9 Å². The number of piperidine rings is 1. The number of benzene rings is 1.